The average molecular weight is 259 g/mol. The first-order chi connectivity index (χ1) is 7.66. The van der Waals surface area contributed by atoms with Crippen LogP contribution in [0.2, 0.25) is 0 Å². The second-order valence-corrected chi connectivity index (χ2v) is 3.15. The molecule has 6 nitrogen and oxygen atoms in total. The molecule has 1 rings (SSSR count). The van der Waals surface area contributed by atoms with Gasteiger partial charge in [-0.15, -0.1) is 0 Å². The van der Waals surface area contributed by atoms with Gasteiger partial charge in [-0.1, -0.05) is 0 Å². The summed E-state index contributed by atoms with van der Waals surface area (Å²) in [5.41, 5.74) is 0. The molecule has 2 atom stereocenters. The predicted octanol–water partition coefficient (Wildman–Crippen LogP) is 0.0812. The maximum absolute atomic E-state index is 10.6. The highest BCUT2D eigenvalue weighted by molar-refractivity contribution is 5.74. The molecule has 3 N–H and O–H groups in total. The van der Waals surface area contributed by atoms with E-state index in [-0.39, 0.29) is 6.10 Å². The molecule has 1 aliphatic heterocycles. The van der Waals surface area contributed by atoms with Crippen LogP contribution >= 0.6 is 0 Å². The van der Waals surface area contributed by atoms with Crippen LogP contribution in [0, 0.1) is 0 Å². The van der Waals surface area contributed by atoms with Gasteiger partial charge in [-0.05, 0) is 6.92 Å². The van der Waals surface area contributed by atoms with E-state index >= 15 is 0 Å². The molecule has 0 bridgehead atoms. The minimum Gasteiger partial charge on any atom is -0.480 e. The van der Waals surface area contributed by atoms with Gasteiger partial charge in [0.1, 0.15) is 6.04 Å². The number of alkyl halides is 3. The minimum atomic E-state index is -5.08. The van der Waals surface area contributed by atoms with Gasteiger partial charge in [0.25, 0.3) is 0 Å². The third-order valence-electron chi connectivity index (χ3n) is 1.83. The summed E-state index contributed by atoms with van der Waals surface area (Å²) in [6, 6.07) is -0.534. The molecule has 1 aliphatic rings. The van der Waals surface area contributed by atoms with Crippen LogP contribution in [0.15, 0.2) is 0 Å². The van der Waals surface area contributed by atoms with Crippen LogP contribution in [0.5, 0.6) is 0 Å². The lowest BCUT2D eigenvalue weighted by molar-refractivity contribution is -0.192. The van der Waals surface area contributed by atoms with Gasteiger partial charge in [0.05, 0.1) is 12.7 Å². The van der Waals surface area contributed by atoms with Gasteiger partial charge >= 0.3 is 18.1 Å². The van der Waals surface area contributed by atoms with Crippen molar-refractivity contribution in [1.29, 1.82) is 0 Å². The number of ether oxygens (including phenoxy) is 1. The Hall–Kier alpha value is -1.35. The van der Waals surface area contributed by atoms with Gasteiger partial charge in [-0.25, -0.2) is 4.79 Å². The van der Waals surface area contributed by atoms with Crippen molar-refractivity contribution in [2.75, 3.05) is 13.2 Å². The molecule has 0 aromatic heterocycles. The second-order valence-electron chi connectivity index (χ2n) is 3.15. The maximum atomic E-state index is 10.6. The second kappa shape index (κ2) is 6.40. The molecule has 0 aliphatic carbocycles. The number of aliphatic carboxylic acids is 2. The summed E-state index contributed by atoms with van der Waals surface area (Å²) >= 11 is 0. The Morgan fingerprint density at radius 2 is 1.82 bits per heavy atom. The van der Waals surface area contributed by atoms with E-state index in [9.17, 15) is 18.0 Å². The Morgan fingerprint density at radius 3 is 2.06 bits per heavy atom. The largest absolute Gasteiger partial charge is 0.490 e. The summed E-state index contributed by atoms with van der Waals surface area (Å²) in [6.07, 6.45) is -5.30. The van der Waals surface area contributed by atoms with Gasteiger partial charge < -0.3 is 14.9 Å². The van der Waals surface area contributed by atoms with Crippen molar-refractivity contribution in [3.8, 4) is 0 Å². The molecule has 0 aromatic carbocycles. The summed E-state index contributed by atoms with van der Waals surface area (Å²) < 4.78 is 36.8. The lowest BCUT2D eigenvalue weighted by Gasteiger charge is -2.26. The van der Waals surface area contributed by atoms with E-state index in [1.807, 2.05) is 0 Å². The molecular weight excluding hydrogens is 247 g/mol. The van der Waals surface area contributed by atoms with E-state index in [1.165, 1.54) is 0 Å². The van der Waals surface area contributed by atoms with Crippen molar-refractivity contribution in [3.63, 3.8) is 0 Å². The van der Waals surface area contributed by atoms with Crippen molar-refractivity contribution in [2.45, 2.75) is 25.2 Å². The first kappa shape index (κ1) is 15.7. The summed E-state index contributed by atoms with van der Waals surface area (Å²) in [4.78, 5) is 19.3. The predicted molar refractivity (Wildman–Crippen MR) is 48.5 cm³/mol. The fraction of sp³-hybridized carbons (Fsp3) is 0.750. The molecule has 1 fully saturated rings. The molecule has 0 spiro atoms. The highest BCUT2D eigenvalue weighted by atomic mass is 19.4. The summed E-state index contributed by atoms with van der Waals surface area (Å²) in [7, 11) is 0. The van der Waals surface area contributed by atoms with Gasteiger partial charge in [0.15, 0.2) is 0 Å². The number of carbonyl (C=O) groups is 2. The van der Waals surface area contributed by atoms with E-state index in [1.54, 1.807) is 6.92 Å². The lowest BCUT2D eigenvalue weighted by Crippen LogP contribution is -2.51. The van der Waals surface area contributed by atoms with E-state index in [0.29, 0.717) is 13.2 Å². The van der Waals surface area contributed by atoms with Gasteiger partial charge in [0, 0.05) is 6.54 Å². The standard InChI is InChI=1S/C6H11NO3.C2HF3O2/c1-4-5(6(8)9)7-2-3-10-4;3-2(4,5)1(6)7/h4-5,7H,2-3H2,1H3,(H,8,9);(H,6,7)/t4-,5+;/m0./s1. The topological polar surface area (TPSA) is 95.9 Å². The molecule has 0 radical (unpaired) electrons. The van der Waals surface area contributed by atoms with E-state index in [4.69, 9.17) is 19.7 Å². The quantitative estimate of drug-likeness (QED) is 0.617. The van der Waals surface area contributed by atoms with E-state index in [0.717, 1.165) is 0 Å². The zero-order valence-corrected chi connectivity index (χ0v) is 8.82. The van der Waals surface area contributed by atoms with Crippen LogP contribution < -0.4 is 5.32 Å². The Balaban J connectivity index is 0.000000325. The number of morpholine rings is 1. The van der Waals surface area contributed by atoms with Gasteiger partial charge in [-0.2, -0.15) is 13.2 Å². The van der Waals surface area contributed by atoms with Gasteiger partial charge in [-0.3, -0.25) is 10.1 Å². The van der Waals surface area contributed by atoms with Crippen LogP contribution in [0.25, 0.3) is 0 Å². The summed E-state index contributed by atoms with van der Waals surface area (Å²) in [6.45, 7) is 2.98. The van der Waals surface area contributed by atoms with Crippen LogP contribution in [-0.2, 0) is 14.3 Å². The fourth-order valence-electron chi connectivity index (χ4n) is 1.01. The Morgan fingerprint density at radius 1 is 1.35 bits per heavy atom. The number of carboxylic acids is 2. The third-order valence-corrected chi connectivity index (χ3v) is 1.83. The van der Waals surface area contributed by atoms with Crippen molar-refractivity contribution < 1.29 is 37.7 Å². The third kappa shape index (κ3) is 6.07. The molecule has 0 amide bonds. The fourth-order valence-corrected chi connectivity index (χ4v) is 1.01. The summed E-state index contributed by atoms with van der Waals surface area (Å²) in [5.74, 6) is -3.60. The molecule has 100 valence electrons. The first-order valence-corrected chi connectivity index (χ1v) is 4.54. The van der Waals surface area contributed by atoms with Crippen molar-refractivity contribution in [3.05, 3.63) is 0 Å². The van der Waals surface area contributed by atoms with Crippen LogP contribution in [0.1, 0.15) is 6.92 Å². The van der Waals surface area contributed by atoms with Crippen molar-refractivity contribution in [2.24, 2.45) is 0 Å². The molecule has 17 heavy (non-hydrogen) atoms. The number of rotatable bonds is 1. The molecular formula is C8H12F3NO5. The van der Waals surface area contributed by atoms with Crippen LogP contribution in [-0.4, -0.2) is 53.6 Å². The number of nitrogens with one attached hydrogen (secondary N) is 1. The molecule has 0 aromatic rings. The van der Waals surface area contributed by atoms with Crippen molar-refractivity contribution >= 4 is 11.9 Å². The molecule has 1 saturated heterocycles. The molecule has 0 unspecified atom stereocenters. The first-order valence-electron chi connectivity index (χ1n) is 4.54. The summed E-state index contributed by atoms with van der Waals surface area (Å²) in [5, 5.41) is 18.5. The highest BCUT2D eigenvalue weighted by Gasteiger charge is 2.38. The maximum Gasteiger partial charge on any atom is 0.490 e. The number of halogens is 3. The number of carboxylic acid groups (broad SMARTS) is 2. The zero-order valence-electron chi connectivity index (χ0n) is 8.82. The zero-order chi connectivity index (χ0) is 13.6. The molecule has 0 saturated carbocycles. The van der Waals surface area contributed by atoms with E-state index < -0.39 is 24.2 Å². The lowest BCUT2D eigenvalue weighted by atomic mass is 10.1. The average Bonchev–Trinajstić information content (AvgIpc) is 2.17. The number of hydrogen-bond acceptors (Lipinski definition) is 4. The SMILES string of the molecule is C[C@@H]1OCCN[C@H]1C(=O)O.O=C(O)C(F)(F)F. The molecule has 1 heterocycles. The smallest absolute Gasteiger partial charge is 0.480 e. The van der Waals surface area contributed by atoms with Gasteiger partial charge in [0.2, 0.25) is 0 Å². The normalized spacial score (nSPS) is 24.5. The Kier molecular flexibility index (Phi) is 5.89. The highest BCUT2D eigenvalue weighted by Crippen LogP contribution is 2.13. The van der Waals surface area contributed by atoms with Crippen LogP contribution in [0.4, 0.5) is 13.2 Å². The van der Waals surface area contributed by atoms with Crippen LogP contribution in [0.3, 0.4) is 0 Å². The van der Waals surface area contributed by atoms with Crippen molar-refractivity contribution in [1.82, 2.24) is 5.32 Å². The minimum absolute atomic E-state index is 0.216. The molecule has 9 heteroatoms. The van der Waals surface area contributed by atoms with E-state index in [2.05, 4.69) is 5.32 Å². The Bertz CT molecular complexity index is 281. The number of hydrogen-bond donors (Lipinski definition) is 3. The Labute approximate surface area is 94.4 Å². The monoisotopic (exact) mass is 259 g/mol.